The number of phenolic OH excluding ortho intramolecular Hbond substituents is 1. The van der Waals surface area contributed by atoms with E-state index in [0.29, 0.717) is 12.3 Å². The molecular formula is C14H14N4O. The van der Waals surface area contributed by atoms with E-state index in [2.05, 4.69) is 20.5 Å². The van der Waals surface area contributed by atoms with Crippen molar-refractivity contribution < 1.29 is 5.11 Å². The Kier molecular flexibility index (Phi) is 2.79. The molecule has 19 heavy (non-hydrogen) atoms. The van der Waals surface area contributed by atoms with Crippen LogP contribution < -0.4 is 5.32 Å². The van der Waals surface area contributed by atoms with Crippen LogP contribution in [0.2, 0.25) is 0 Å². The summed E-state index contributed by atoms with van der Waals surface area (Å²) in [5, 5.41) is 20.6. The number of nitrogens with zero attached hydrogens (tertiary/aromatic N) is 2. The molecule has 0 saturated heterocycles. The van der Waals surface area contributed by atoms with Crippen molar-refractivity contribution in [2.45, 2.75) is 13.5 Å². The largest absolute Gasteiger partial charge is 0.508 e. The summed E-state index contributed by atoms with van der Waals surface area (Å²) in [6.07, 6.45) is 3.50. The number of aromatic nitrogens is 3. The number of hydrogen-bond donors (Lipinski definition) is 3. The second-order valence-corrected chi connectivity index (χ2v) is 4.51. The minimum Gasteiger partial charge on any atom is -0.508 e. The summed E-state index contributed by atoms with van der Waals surface area (Å²) in [6, 6.07) is 7.65. The fourth-order valence-corrected chi connectivity index (χ4v) is 1.90. The third kappa shape index (κ3) is 2.35. The van der Waals surface area contributed by atoms with Crippen LogP contribution in [0.5, 0.6) is 5.75 Å². The molecule has 3 rings (SSSR count). The lowest BCUT2D eigenvalue weighted by molar-refractivity contribution is 0.470. The molecule has 0 aliphatic rings. The Morgan fingerprint density at radius 1 is 1.26 bits per heavy atom. The molecule has 0 atom stereocenters. The van der Waals surface area contributed by atoms with Gasteiger partial charge in [-0.15, -0.1) is 0 Å². The molecule has 3 N–H and O–H groups in total. The molecule has 0 unspecified atom stereocenters. The van der Waals surface area contributed by atoms with E-state index in [1.54, 1.807) is 18.5 Å². The Labute approximate surface area is 110 Å². The number of phenols is 1. The average Bonchev–Trinajstić information content (AvgIpc) is 2.87. The molecule has 2 aromatic heterocycles. The lowest BCUT2D eigenvalue weighted by Crippen LogP contribution is -1.99. The molecule has 5 nitrogen and oxygen atoms in total. The van der Waals surface area contributed by atoms with Gasteiger partial charge in [0.1, 0.15) is 5.75 Å². The molecule has 3 aromatic rings. The van der Waals surface area contributed by atoms with E-state index < -0.39 is 0 Å². The first-order valence-electron chi connectivity index (χ1n) is 6.04. The minimum absolute atomic E-state index is 0.322. The first kappa shape index (κ1) is 11.5. The molecule has 0 amide bonds. The Morgan fingerprint density at radius 2 is 2.16 bits per heavy atom. The van der Waals surface area contributed by atoms with Crippen molar-refractivity contribution in [2.24, 2.45) is 0 Å². The van der Waals surface area contributed by atoms with E-state index in [4.69, 9.17) is 0 Å². The molecule has 0 fully saturated rings. The van der Waals surface area contributed by atoms with Crippen molar-refractivity contribution in [1.29, 1.82) is 0 Å². The maximum atomic E-state index is 9.66. The van der Waals surface area contributed by atoms with Crippen LogP contribution in [0, 0.1) is 6.92 Å². The van der Waals surface area contributed by atoms with Gasteiger partial charge in [0.2, 0.25) is 0 Å². The van der Waals surface area contributed by atoms with Crippen LogP contribution in [0.4, 0.5) is 5.69 Å². The van der Waals surface area contributed by atoms with E-state index in [0.717, 1.165) is 27.8 Å². The van der Waals surface area contributed by atoms with Crippen molar-refractivity contribution >= 4 is 16.7 Å². The third-order valence-electron chi connectivity index (χ3n) is 3.06. The van der Waals surface area contributed by atoms with Gasteiger partial charge in [0, 0.05) is 11.9 Å². The van der Waals surface area contributed by atoms with E-state index in [1.165, 1.54) is 0 Å². The minimum atomic E-state index is 0.322. The standard InChI is InChI=1S/C14H14N4O/c1-9-2-3-10(4-13(9)19)6-15-12-5-11-7-17-18-14(11)16-8-12/h2-5,7-8,15,19H,6H2,1H3,(H,16,17,18). The van der Waals surface area contributed by atoms with Crippen molar-refractivity contribution in [2.75, 3.05) is 5.32 Å². The third-order valence-corrected chi connectivity index (χ3v) is 3.06. The zero-order valence-corrected chi connectivity index (χ0v) is 10.5. The summed E-state index contributed by atoms with van der Waals surface area (Å²) in [5.74, 6) is 0.322. The number of aryl methyl sites for hydroxylation is 1. The quantitative estimate of drug-likeness (QED) is 0.671. The summed E-state index contributed by atoms with van der Waals surface area (Å²) in [6.45, 7) is 2.52. The molecule has 0 saturated carbocycles. The molecular weight excluding hydrogens is 240 g/mol. The number of benzene rings is 1. The fourth-order valence-electron chi connectivity index (χ4n) is 1.90. The normalized spacial score (nSPS) is 10.8. The molecule has 1 aromatic carbocycles. The second kappa shape index (κ2) is 4.61. The molecule has 5 heteroatoms. The number of aromatic amines is 1. The van der Waals surface area contributed by atoms with Crippen LogP contribution in [0.1, 0.15) is 11.1 Å². The van der Waals surface area contributed by atoms with E-state index >= 15 is 0 Å². The van der Waals surface area contributed by atoms with Gasteiger partial charge in [-0.3, -0.25) is 5.10 Å². The van der Waals surface area contributed by atoms with E-state index in [9.17, 15) is 5.11 Å². The number of rotatable bonds is 3. The lowest BCUT2D eigenvalue weighted by Gasteiger charge is -2.07. The lowest BCUT2D eigenvalue weighted by atomic mass is 10.1. The van der Waals surface area contributed by atoms with Gasteiger partial charge in [0.25, 0.3) is 0 Å². The first-order chi connectivity index (χ1) is 9.22. The highest BCUT2D eigenvalue weighted by atomic mass is 16.3. The SMILES string of the molecule is Cc1ccc(CNc2cnc3[nH]ncc3c2)cc1O. The predicted octanol–water partition coefficient (Wildman–Crippen LogP) is 2.58. The summed E-state index contributed by atoms with van der Waals surface area (Å²) in [5.41, 5.74) is 3.60. The number of H-pyrrole nitrogens is 1. The van der Waals surface area contributed by atoms with Crippen LogP contribution >= 0.6 is 0 Å². The number of nitrogens with one attached hydrogen (secondary N) is 2. The second-order valence-electron chi connectivity index (χ2n) is 4.51. The highest BCUT2D eigenvalue weighted by Gasteiger charge is 2.01. The summed E-state index contributed by atoms with van der Waals surface area (Å²) in [4.78, 5) is 4.26. The Bertz CT molecular complexity index is 720. The van der Waals surface area contributed by atoms with Gasteiger partial charge in [0.15, 0.2) is 5.65 Å². The highest BCUT2D eigenvalue weighted by Crippen LogP contribution is 2.19. The molecule has 0 spiro atoms. The molecule has 0 radical (unpaired) electrons. The topological polar surface area (TPSA) is 73.8 Å². The average molecular weight is 254 g/mol. The first-order valence-corrected chi connectivity index (χ1v) is 6.04. The van der Waals surface area contributed by atoms with Crippen molar-refractivity contribution in [3.05, 3.63) is 47.8 Å². The van der Waals surface area contributed by atoms with E-state index in [1.807, 2.05) is 25.1 Å². The maximum absolute atomic E-state index is 9.66. The Hall–Kier alpha value is -2.56. The number of hydrogen-bond acceptors (Lipinski definition) is 4. The van der Waals surface area contributed by atoms with Crippen molar-refractivity contribution in [3.8, 4) is 5.75 Å². The van der Waals surface area contributed by atoms with Crippen LogP contribution in [0.15, 0.2) is 36.7 Å². The highest BCUT2D eigenvalue weighted by molar-refractivity contribution is 5.77. The van der Waals surface area contributed by atoms with Gasteiger partial charge < -0.3 is 10.4 Å². The van der Waals surface area contributed by atoms with E-state index in [-0.39, 0.29) is 0 Å². The smallest absolute Gasteiger partial charge is 0.155 e. The van der Waals surface area contributed by atoms with Gasteiger partial charge in [-0.25, -0.2) is 4.98 Å². The van der Waals surface area contributed by atoms with Crippen LogP contribution in [-0.4, -0.2) is 20.3 Å². The molecule has 0 aliphatic heterocycles. The zero-order valence-electron chi connectivity index (χ0n) is 10.5. The molecule has 0 bridgehead atoms. The maximum Gasteiger partial charge on any atom is 0.155 e. The predicted molar refractivity (Wildman–Crippen MR) is 74.1 cm³/mol. The van der Waals surface area contributed by atoms with Crippen LogP contribution in [-0.2, 0) is 6.54 Å². The summed E-state index contributed by atoms with van der Waals surface area (Å²) < 4.78 is 0. The monoisotopic (exact) mass is 254 g/mol. The number of pyridine rings is 1. The molecule has 2 heterocycles. The fraction of sp³-hybridized carbons (Fsp3) is 0.143. The zero-order chi connectivity index (χ0) is 13.2. The van der Waals surface area contributed by atoms with Crippen LogP contribution in [0.25, 0.3) is 11.0 Å². The number of anilines is 1. The summed E-state index contributed by atoms with van der Waals surface area (Å²) >= 11 is 0. The summed E-state index contributed by atoms with van der Waals surface area (Å²) in [7, 11) is 0. The van der Waals surface area contributed by atoms with Gasteiger partial charge in [-0.1, -0.05) is 12.1 Å². The number of fused-ring (bicyclic) bond motifs is 1. The van der Waals surface area contributed by atoms with Gasteiger partial charge in [0.05, 0.1) is 18.1 Å². The van der Waals surface area contributed by atoms with Gasteiger partial charge in [-0.2, -0.15) is 5.10 Å². The molecule has 96 valence electrons. The van der Waals surface area contributed by atoms with Gasteiger partial charge in [-0.05, 0) is 30.2 Å². The van der Waals surface area contributed by atoms with Gasteiger partial charge >= 0.3 is 0 Å². The molecule has 0 aliphatic carbocycles. The Balaban J connectivity index is 1.75. The van der Waals surface area contributed by atoms with Crippen molar-refractivity contribution in [1.82, 2.24) is 15.2 Å². The number of aromatic hydroxyl groups is 1. The van der Waals surface area contributed by atoms with Crippen LogP contribution in [0.3, 0.4) is 0 Å². The van der Waals surface area contributed by atoms with Crippen molar-refractivity contribution in [3.63, 3.8) is 0 Å². The Morgan fingerprint density at radius 3 is 3.00 bits per heavy atom.